The molecule has 27 heavy (non-hydrogen) atoms. The predicted molar refractivity (Wildman–Crippen MR) is 113 cm³/mol. The molecule has 0 atom stereocenters. The van der Waals surface area contributed by atoms with Crippen LogP contribution in [-0.4, -0.2) is 95.0 Å². The molecule has 1 rings (SSSR count). The van der Waals surface area contributed by atoms with Crippen LogP contribution in [-0.2, 0) is 24.3 Å². The zero-order valence-corrected chi connectivity index (χ0v) is 19.1. The van der Waals surface area contributed by atoms with E-state index in [0.29, 0.717) is 32.8 Å². The summed E-state index contributed by atoms with van der Waals surface area (Å²) in [4.78, 5) is 13.6. The fraction of sp³-hybridized carbons (Fsp3) is 0.944. The highest BCUT2D eigenvalue weighted by molar-refractivity contribution is 7.88. The van der Waals surface area contributed by atoms with Gasteiger partial charge in [0.05, 0.1) is 25.6 Å². The number of ether oxygens (including phenoxy) is 2. The third-order valence-electron chi connectivity index (χ3n) is 3.47. The van der Waals surface area contributed by atoms with Crippen molar-refractivity contribution in [2.24, 2.45) is 0 Å². The van der Waals surface area contributed by atoms with E-state index in [-0.39, 0.29) is 20.0 Å². The first kappa shape index (κ1) is 28.5. The van der Waals surface area contributed by atoms with Gasteiger partial charge in [0.15, 0.2) is 0 Å². The van der Waals surface area contributed by atoms with E-state index in [0.717, 1.165) is 19.6 Å². The summed E-state index contributed by atoms with van der Waals surface area (Å²) in [6, 6.07) is 0. The standard InChI is InChI=1S/C14H29N3O5S.2C2H6.H2/c1-13(2)22-12-14(18)15-4-10-21-11-9-16-5-7-17(8-6-16)23(3,19)20;2*1-2;/h13H,4-12H2,1-3H3,(H,15,18);2*1-2H3;1H. The molecule has 1 saturated heterocycles. The van der Waals surface area contributed by atoms with Crippen LogP contribution in [0.1, 0.15) is 43.0 Å². The van der Waals surface area contributed by atoms with Crippen molar-refractivity contribution in [3.8, 4) is 0 Å². The molecule has 0 bridgehead atoms. The Hall–Kier alpha value is -0.740. The first-order valence-electron chi connectivity index (χ1n) is 9.92. The average Bonchev–Trinajstić information content (AvgIpc) is 2.65. The lowest BCUT2D eigenvalue weighted by atomic mass is 10.3. The third kappa shape index (κ3) is 16.0. The van der Waals surface area contributed by atoms with Gasteiger partial charge in [0.1, 0.15) is 6.61 Å². The van der Waals surface area contributed by atoms with Crippen LogP contribution in [0.3, 0.4) is 0 Å². The molecule has 166 valence electrons. The van der Waals surface area contributed by atoms with Gasteiger partial charge in [0.2, 0.25) is 15.9 Å². The van der Waals surface area contributed by atoms with E-state index < -0.39 is 10.0 Å². The summed E-state index contributed by atoms with van der Waals surface area (Å²) in [5.41, 5.74) is 0. The van der Waals surface area contributed by atoms with E-state index in [1.54, 1.807) is 0 Å². The Morgan fingerprint density at radius 3 is 2.11 bits per heavy atom. The number of amides is 1. The minimum Gasteiger partial charge on any atom is -0.378 e. The zero-order valence-electron chi connectivity index (χ0n) is 18.3. The van der Waals surface area contributed by atoms with Gasteiger partial charge in [0, 0.05) is 40.7 Å². The average molecular weight is 414 g/mol. The van der Waals surface area contributed by atoms with E-state index in [4.69, 9.17) is 9.47 Å². The Kier molecular flexibility index (Phi) is 18.3. The first-order valence-corrected chi connectivity index (χ1v) is 11.8. The van der Waals surface area contributed by atoms with Crippen LogP contribution in [0.15, 0.2) is 0 Å². The number of rotatable bonds is 10. The third-order valence-corrected chi connectivity index (χ3v) is 4.77. The van der Waals surface area contributed by atoms with E-state index in [1.165, 1.54) is 10.6 Å². The SMILES string of the molecule is CC.CC.CC(C)OCC(=O)NCCOCCN1CCN(S(C)(=O)=O)CC1.[HH]. The Morgan fingerprint density at radius 1 is 1.07 bits per heavy atom. The van der Waals surface area contributed by atoms with Gasteiger partial charge in [-0.1, -0.05) is 27.7 Å². The van der Waals surface area contributed by atoms with Gasteiger partial charge in [-0.25, -0.2) is 8.42 Å². The number of hydrogen-bond acceptors (Lipinski definition) is 6. The highest BCUT2D eigenvalue weighted by atomic mass is 32.2. The number of piperazine rings is 1. The predicted octanol–water partition coefficient (Wildman–Crippen LogP) is 1.42. The number of hydrogen-bond donors (Lipinski definition) is 1. The molecule has 0 aromatic heterocycles. The van der Waals surface area contributed by atoms with E-state index >= 15 is 0 Å². The van der Waals surface area contributed by atoms with Crippen molar-refractivity contribution in [2.75, 3.05) is 65.3 Å². The number of sulfonamides is 1. The molecule has 1 aliphatic heterocycles. The van der Waals surface area contributed by atoms with E-state index in [1.807, 2.05) is 41.5 Å². The van der Waals surface area contributed by atoms with Gasteiger partial charge in [0.25, 0.3) is 0 Å². The molecule has 1 amide bonds. The molecule has 0 radical (unpaired) electrons. The number of nitrogens with one attached hydrogen (secondary N) is 1. The maximum Gasteiger partial charge on any atom is 0.246 e. The van der Waals surface area contributed by atoms with Gasteiger partial charge < -0.3 is 14.8 Å². The normalized spacial score (nSPS) is 15.4. The van der Waals surface area contributed by atoms with Crippen molar-refractivity contribution < 1.29 is 24.1 Å². The second-order valence-corrected chi connectivity index (χ2v) is 7.81. The topological polar surface area (TPSA) is 88.2 Å². The largest absolute Gasteiger partial charge is 0.378 e. The fourth-order valence-electron chi connectivity index (χ4n) is 2.14. The molecule has 9 heteroatoms. The minimum absolute atomic E-state index is 0. The number of nitrogens with zero attached hydrogens (tertiary/aromatic N) is 2. The molecular weight excluding hydrogens is 370 g/mol. The van der Waals surface area contributed by atoms with Gasteiger partial charge in [-0.3, -0.25) is 9.69 Å². The fourth-order valence-corrected chi connectivity index (χ4v) is 2.96. The quantitative estimate of drug-likeness (QED) is 0.545. The Balaban J connectivity index is -0.00000117. The summed E-state index contributed by atoms with van der Waals surface area (Å²) in [5.74, 6) is -0.140. The molecule has 0 spiro atoms. The molecule has 0 aromatic rings. The molecule has 0 aliphatic carbocycles. The Bertz CT molecular complexity index is 456. The molecule has 0 aromatic carbocycles. The molecule has 1 N–H and O–H groups in total. The minimum atomic E-state index is -3.08. The summed E-state index contributed by atoms with van der Waals surface area (Å²) < 4.78 is 35.0. The summed E-state index contributed by atoms with van der Waals surface area (Å²) in [6.07, 6.45) is 1.28. The van der Waals surface area contributed by atoms with Crippen molar-refractivity contribution in [1.29, 1.82) is 0 Å². The smallest absolute Gasteiger partial charge is 0.246 e. The monoisotopic (exact) mass is 413 g/mol. The maximum atomic E-state index is 11.4. The molecule has 0 saturated carbocycles. The van der Waals surface area contributed by atoms with Crippen molar-refractivity contribution in [3.05, 3.63) is 0 Å². The first-order chi connectivity index (χ1) is 12.8. The van der Waals surface area contributed by atoms with Crippen LogP contribution >= 0.6 is 0 Å². The molecular formula is C18H43N3O5S. The van der Waals surface area contributed by atoms with Crippen LogP contribution in [0.25, 0.3) is 0 Å². The number of carbonyl (C=O) groups excluding carboxylic acids is 1. The molecule has 0 unspecified atom stereocenters. The second kappa shape index (κ2) is 17.4. The lowest BCUT2D eigenvalue weighted by molar-refractivity contribution is -0.127. The summed E-state index contributed by atoms with van der Waals surface area (Å²) >= 11 is 0. The number of carbonyl (C=O) groups is 1. The zero-order chi connectivity index (χ0) is 21.3. The van der Waals surface area contributed by atoms with Gasteiger partial charge in [-0.2, -0.15) is 4.31 Å². The van der Waals surface area contributed by atoms with Gasteiger partial charge in [-0.05, 0) is 13.8 Å². The maximum absolute atomic E-state index is 11.4. The van der Waals surface area contributed by atoms with Gasteiger partial charge >= 0.3 is 0 Å². The van der Waals surface area contributed by atoms with Crippen molar-refractivity contribution in [1.82, 2.24) is 14.5 Å². The van der Waals surface area contributed by atoms with Crippen molar-refractivity contribution >= 4 is 15.9 Å². The van der Waals surface area contributed by atoms with Crippen molar-refractivity contribution in [2.45, 2.75) is 47.6 Å². The Labute approximate surface area is 168 Å². The Morgan fingerprint density at radius 2 is 1.63 bits per heavy atom. The summed E-state index contributed by atoms with van der Waals surface area (Å²) in [5, 5.41) is 2.72. The summed E-state index contributed by atoms with van der Waals surface area (Å²) in [6.45, 7) is 16.6. The van der Waals surface area contributed by atoms with Crippen molar-refractivity contribution in [3.63, 3.8) is 0 Å². The lowest BCUT2D eigenvalue weighted by Gasteiger charge is -2.33. The van der Waals surface area contributed by atoms with Crippen LogP contribution in [0.4, 0.5) is 0 Å². The summed E-state index contributed by atoms with van der Waals surface area (Å²) in [7, 11) is -3.08. The second-order valence-electron chi connectivity index (χ2n) is 5.83. The van der Waals surface area contributed by atoms with E-state index in [9.17, 15) is 13.2 Å². The van der Waals surface area contributed by atoms with Crippen LogP contribution in [0.5, 0.6) is 0 Å². The van der Waals surface area contributed by atoms with Crippen LogP contribution in [0, 0.1) is 0 Å². The molecule has 8 nitrogen and oxygen atoms in total. The molecule has 1 aliphatic rings. The van der Waals surface area contributed by atoms with E-state index in [2.05, 4.69) is 10.2 Å². The highest BCUT2D eigenvalue weighted by Gasteiger charge is 2.22. The molecule has 1 heterocycles. The highest BCUT2D eigenvalue weighted by Crippen LogP contribution is 2.05. The lowest BCUT2D eigenvalue weighted by Crippen LogP contribution is -2.49. The van der Waals surface area contributed by atoms with Crippen LogP contribution < -0.4 is 5.32 Å². The van der Waals surface area contributed by atoms with Gasteiger partial charge in [-0.15, -0.1) is 0 Å². The molecule has 1 fully saturated rings. The van der Waals surface area contributed by atoms with Crippen LogP contribution in [0.2, 0.25) is 0 Å².